The minimum absolute atomic E-state index is 0.0373. The van der Waals surface area contributed by atoms with E-state index >= 15 is 0 Å². The van der Waals surface area contributed by atoms with Gasteiger partial charge in [-0.3, -0.25) is 19.4 Å². The molecule has 2 rings (SSSR count). The van der Waals surface area contributed by atoms with Gasteiger partial charge in [-0.2, -0.15) is 0 Å². The van der Waals surface area contributed by atoms with E-state index in [1.54, 1.807) is 0 Å². The Kier molecular flexibility index (Phi) is 5.24. The van der Waals surface area contributed by atoms with Crippen molar-refractivity contribution in [2.75, 3.05) is 44.6 Å². The molecule has 1 heterocycles. The molecule has 1 aromatic rings. The summed E-state index contributed by atoms with van der Waals surface area (Å²) in [6.45, 7) is 2.87. The van der Waals surface area contributed by atoms with E-state index in [-0.39, 0.29) is 24.8 Å². The molecular weight excluding hydrogens is 277 g/mol. The molecule has 7 heteroatoms. The first-order valence-electron chi connectivity index (χ1n) is 6.75. The first-order chi connectivity index (χ1) is 10.0. The van der Waals surface area contributed by atoms with E-state index in [1.165, 1.54) is 24.3 Å². The number of nitrogens with zero attached hydrogens (tertiary/aromatic N) is 2. The molecule has 1 aliphatic heterocycles. The lowest BCUT2D eigenvalue weighted by Crippen LogP contribution is -2.49. The number of amides is 1. The number of hydrogen-bond donors (Lipinski definition) is 2. The van der Waals surface area contributed by atoms with E-state index in [1.807, 2.05) is 9.80 Å². The Hall–Kier alpha value is -1.99. The Morgan fingerprint density at radius 2 is 1.57 bits per heavy atom. The molecule has 1 aromatic carbocycles. The first-order valence-corrected chi connectivity index (χ1v) is 6.75. The molecule has 1 amide bonds. The van der Waals surface area contributed by atoms with Crippen LogP contribution in [0.3, 0.4) is 0 Å². The third kappa shape index (κ3) is 5.13. The number of benzene rings is 1. The van der Waals surface area contributed by atoms with Gasteiger partial charge in [0, 0.05) is 31.9 Å². The van der Waals surface area contributed by atoms with Crippen LogP contribution in [0.25, 0.3) is 0 Å². The SMILES string of the molecule is O=C(O)CN1CCN(CC(=O)Nc2ccc(F)cc2)CC1. The van der Waals surface area contributed by atoms with E-state index in [9.17, 15) is 14.0 Å². The van der Waals surface area contributed by atoms with Crippen LogP contribution in [-0.4, -0.2) is 66.1 Å². The topological polar surface area (TPSA) is 72.9 Å². The number of piperazine rings is 1. The van der Waals surface area contributed by atoms with Gasteiger partial charge in [-0.05, 0) is 24.3 Å². The Labute approximate surface area is 122 Å². The molecule has 0 saturated carbocycles. The van der Waals surface area contributed by atoms with E-state index in [2.05, 4.69) is 5.32 Å². The van der Waals surface area contributed by atoms with E-state index in [0.717, 1.165) is 0 Å². The predicted molar refractivity (Wildman–Crippen MR) is 75.5 cm³/mol. The van der Waals surface area contributed by atoms with Crippen molar-refractivity contribution in [1.82, 2.24) is 9.80 Å². The maximum atomic E-state index is 12.8. The van der Waals surface area contributed by atoms with Crippen molar-refractivity contribution >= 4 is 17.6 Å². The molecule has 21 heavy (non-hydrogen) atoms. The van der Waals surface area contributed by atoms with Crippen LogP contribution in [-0.2, 0) is 9.59 Å². The van der Waals surface area contributed by atoms with Gasteiger partial charge in [0.1, 0.15) is 5.82 Å². The summed E-state index contributed by atoms with van der Waals surface area (Å²) in [7, 11) is 0. The summed E-state index contributed by atoms with van der Waals surface area (Å²) in [5.74, 6) is -1.34. The van der Waals surface area contributed by atoms with Crippen molar-refractivity contribution in [2.24, 2.45) is 0 Å². The fourth-order valence-corrected chi connectivity index (χ4v) is 2.23. The molecule has 0 atom stereocenters. The molecule has 6 nitrogen and oxygen atoms in total. The second-order valence-electron chi connectivity index (χ2n) is 5.00. The number of carbonyl (C=O) groups excluding carboxylic acids is 1. The summed E-state index contributed by atoms with van der Waals surface area (Å²) >= 11 is 0. The second-order valence-corrected chi connectivity index (χ2v) is 5.00. The van der Waals surface area contributed by atoms with Gasteiger partial charge in [-0.25, -0.2) is 4.39 Å². The van der Waals surface area contributed by atoms with Gasteiger partial charge in [0.15, 0.2) is 0 Å². The van der Waals surface area contributed by atoms with Crippen molar-refractivity contribution < 1.29 is 19.1 Å². The average Bonchev–Trinajstić information content (AvgIpc) is 2.43. The Bertz CT molecular complexity index is 499. The Morgan fingerprint density at radius 1 is 1.05 bits per heavy atom. The third-order valence-electron chi connectivity index (χ3n) is 3.32. The lowest BCUT2D eigenvalue weighted by molar-refractivity contribution is -0.139. The van der Waals surface area contributed by atoms with Gasteiger partial charge in [0.25, 0.3) is 0 Å². The number of hydrogen-bond acceptors (Lipinski definition) is 4. The van der Waals surface area contributed by atoms with Crippen LogP contribution >= 0.6 is 0 Å². The highest BCUT2D eigenvalue weighted by Crippen LogP contribution is 2.08. The molecule has 0 aromatic heterocycles. The number of aliphatic carboxylic acids is 1. The van der Waals surface area contributed by atoms with Crippen LogP contribution in [0, 0.1) is 5.82 Å². The minimum atomic E-state index is -0.836. The number of nitrogens with one attached hydrogen (secondary N) is 1. The normalized spacial score (nSPS) is 16.6. The molecule has 114 valence electrons. The number of halogens is 1. The van der Waals surface area contributed by atoms with Crippen molar-refractivity contribution in [3.8, 4) is 0 Å². The molecule has 1 saturated heterocycles. The average molecular weight is 295 g/mol. The van der Waals surface area contributed by atoms with Crippen molar-refractivity contribution in [2.45, 2.75) is 0 Å². The highest BCUT2D eigenvalue weighted by Gasteiger charge is 2.20. The predicted octanol–water partition coefficient (Wildman–Crippen LogP) is 0.466. The molecule has 1 fully saturated rings. The zero-order valence-electron chi connectivity index (χ0n) is 11.6. The molecule has 0 aliphatic carbocycles. The number of rotatable bonds is 5. The quantitative estimate of drug-likeness (QED) is 0.826. The van der Waals surface area contributed by atoms with Crippen LogP contribution in [0.1, 0.15) is 0 Å². The monoisotopic (exact) mass is 295 g/mol. The summed E-state index contributed by atoms with van der Waals surface area (Å²) in [4.78, 5) is 26.3. The molecule has 0 unspecified atom stereocenters. The first kappa shape index (κ1) is 15.4. The van der Waals surface area contributed by atoms with E-state index in [4.69, 9.17) is 5.11 Å². The standard InChI is InChI=1S/C14H18FN3O3/c15-11-1-3-12(4-2-11)16-13(19)9-17-5-7-18(8-6-17)10-14(20)21/h1-4H,5-10H2,(H,16,19)(H,20,21). The fraction of sp³-hybridized carbons (Fsp3) is 0.429. The highest BCUT2D eigenvalue weighted by molar-refractivity contribution is 5.92. The zero-order valence-corrected chi connectivity index (χ0v) is 11.6. The minimum Gasteiger partial charge on any atom is -0.480 e. The molecule has 0 radical (unpaired) electrons. The summed E-state index contributed by atoms with van der Waals surface area (Å²) < 4.78 is 12.8. The molecule has 0 spiro atoms. The van der Waals surface area contributed by atoms with Crippen LogP contribution < -0.4 is 5.32 Å². The van der Waals surface area contributed by atoms with Crippen LogP contribution in [0.2, 0.25) is 0 Å². The smallest absolute Gasteiger partial charge is 0.317 e. The van der Waals surface area contributed by atoms with Gasteiger partial charge in [-0.15, -0.1) is 0 Å². The molecular formula is C14H18FN3O3. The van der Waals surface area contributed by atoms with Gasteiger partial charge < -0.3 is 10.4 Å². The second kappa shape index (κ2) is 7.14. The maximum absolute atomic E-state index is 12.8. The van der Waals surface area contributed by atoms with Gasteiger partial charge in [-0.1, -0.05) is 0 Å². The lowest BCUT2D eigenvalue weighted by atomic mass is 10.3. The summed E-state index contributed by atoms with van der Waals surface area (Å²) in [5, 5.41) is 11.4. The number of carbonyl (C=O) groups is 2. The zero-order chi connectivity index (χ0) is 15.2. The van der Waals surface area contributed by atoms with Crippen molar-refractivity contribution in [1.29, 1.82) is 0 Å². The number of carboxylic acids is 1. The van der Waals surface area contributed by atoms with Gasteiger partial charge in [0.05, 0.1) is 13.1 Å². The molecule has 1 aliphatic rings. The number of carboxylic acid groups (broad SMARTS) is 1. The van der Waals surface area contributed by atoms with Crippen LogP contribution in [0.4, 0.5) is 10.1 Å². The van der Waals surface area contributed by atoms with Gasteiger partial charge in [0.2, 0.25) is 5.91 Å². The van der Waals surface area contributed by atoms with Crippen molar-refractivity contribution in [3.05, 3.63) is 30.1 Å². The van der Waals surface area contributed by atoms with Crippen LogP contribution in [0.15, 0.2) is 24.3 Å². The Morgan fingerprint density at radius 3 is 2.10 bits per heavy atom. The van der Waals surface area contributed by atoms with Gasteiger partial charge >= 0.3 is 5.97 Å². The largest absolute Gasteiger partial charge is 0.480 e. The summed E-state index contributed by atoms with van der Waals surface area (Å²) in [6, 6.07) is 5.61. The fourth-order valence-electron chi connectivity index (χ4n) is 2.23. The van der Waals surface area contributed by atoms with E-state index < -0.39 is 5.97 Å². The summed E-state index contributed by atoms with van der Waals surface area (Å²) in [6.07, 6.45) is 0. The number of anilines is 1. The molecule has 2 N–H and O–H groups in total. The van der Waals surface area contributed by atoms with E-state index in [0.29, 0.717) is 31.9 Å². The third-order valence-corrected chi connectivity index (χ3v) is 3.32. The molecule has 0 bridgehead atoms. The van der Waals surface area contributed by atoms with Crippen molar-refractivity contribution in [3.63, 3.8) is 0 Å². The van der Waals surface area contributed by atoms with Crippen LogP contribution in [0.5, 0.6) is 0 Å². The Balaban J connectivity index is 1.74. The summed E-state index contributed by atoms with van der Waals surface area (Å²) in [5.41, 5.74) is 0.561. The highest BCUT2D eigenvalue weighted by atomic mass is 19.1. The maximum Gasteiger partial charge on any atom is 0.317 e. The lowest BCUT2D eigenvalue weighted by Gasteiger charge is -2.33.